The summed E-state index contributed by atoms with van der Waals surface area (Å²) in [5, 5.41) is 5.70. The molecule has 0 fully saturated rings. The third kappa shape index (κ3) is 4.10. The van der Waals surface area contributed by atoms with Crippen LogP contribution >= 0.6 is 0 Å². The van der Waals surface area contributed by atoms with Gasteiger partial charge in [-0.25, -0.2) is 0 Å². The fourth-order valence-electron chi connectivity index (χ4n) is 2.78. The zero-order valence-electron chi connectivity index (χ0n) is 14.3. The van der Waals surface area contributed by atoms with Gasteiger partial charge in [-0.3, -0.25) is 0 Å². The molecule has 0 amide bonds. The Morgan fingerprint density at radius 2 is 1.50 bits per heavy atom. The Balaban J connectivity index is 1.54. The maximum atomic E-state index is 4.57. The van der Waals surface area contributed by atoms with Gasteiger partial charge in [0.05, 0.1) is 0 Å². The van der Waals surface area contributed by atoms with Gasteiger partial charge in [0.2, 0.25) is 0 Å². The van der Waals surface area contributed by atoms with E-state index in [-0.39, 0.29) is 15.0 Å². The van der Waals surface area contributed by atoms with Gasteiger partial charge in [0.25, 0.3) is 0 Å². The monoisotopic (exact) mass is 405 g/mol. The Hall–Kier alpha value is -2.68. The average molecular weight is 404 g/mol. The van der Waals surface area contributed by atoms with Crippen molar-refractivity contribution in [3.05, 3.63) is 96.3 Å². The molecule has 4 rings (SSSR count). The summed E-state index contributed by atoms with van der Waals surface area (Å²) in [5.41, 5.74) is 4.74. The fraction of sp³-hybridized carbons (Fsp3) is 0.0909. The number of hydrogen-bond acceptors (Lipinski definition) is 3. The number of fused-ring (bicyclic) bond motifs is 1. The standard InChI is InChI=1S/C22H19N3Se/c1-3-7-17(8-4-1)14-23-19-11-12-21-20(13-19)22(25-16-24-21)26-15-18-9-5-2-6-10-18/h1-13,16,23H,14-15H2. The zero-order valence-corrected chi connectivity index (χ0v) is 16.0. The first-order valence-electron chi connectivity index (χ1n) is 8.58. The summed E-state index contributed by atoms with van der Waals surface area (Å²) in [6, 6.07) is 27.4. The van der Waals surface area contributed by atoms with Crippen molar-refractivity contribution in [3.63, 3.8) is 0 Å². The average Bonchev–Trinajstić information content (AvgIpc) is 2.72. The van der Waals surface area contributed by atoms with E-state index < -0.39 is 0 Å². The first kappa shape index (κ1) is 16.8. The van der Waals surface area contributed by atoms with Crippen molar-refractivity contribution in [3.8, 4) is 0 Å². The van der Waals surface area contributed by atoms with E-state index in [1.165, 1.54) is 11.1 Å². The van der Waals surface area contributed by atoms with Crippen molar-refractivity contribution < 1.29 is 0 Å². The Bertz CT molecular complexity index is 988. The van der Waals surface area contributed by atoms with Gasteiger partial charge in [-0.2, -0.15) is 0 Å². The molecule has 0 radical (unpaired) electrons. The van der Waals surface area contributed by atoms with Gasteiger partial charge in [0.15, 0.2) is 0 Å². The van der Waals surface area contributed by atoms with Gasteiger partial charge in [-0.15, -0.1) is 0 Å². The summed E-state index contributed by atoms with van der Waals surface area (Å²) in [4.78, 5) is 9.00. The molecule has 1 aromatic heterocycles. The van der Waals surface area contributed by atoms with Crippen molar-refractivity contribution >= 4 is 36.1 Å². The topological polar surface area (TPSA) is 37.8 Å². The molecule has 0 saturated carbocycles. The number of anilines is 1. The van der Waals surface area contributed by atoms with Gasteiger partial charge in [0.1, 0.15) is 0 Å². The summed E-state index contributed by atoms with van der Waals surface area (Å²) in [5.74, 6) is 0. The molecule has 4 aromatic rings. The molecule has 1 heterocycles. The van der Waals surface area contributed by atoms with Crippen LogP contribution in [0.3, 0.4) is 0 Å². The molecule has 0 saturated heterocycles. The van der Waals surface area contributed by atoms with Crippen molar-refractivity contribution in [2.75, 3.05) is 5.32 Å². The molecular formula is C22H19N3Se. The molecule has 0 unspecified atom stereocenters. The molecule has 3 nitrogen and oxygen atoms in total. The number of hydrogen-bond donors (Lipinski definition) is 1. The van der Waals surface area contributed by atoms with Crippen LogP contribution in [0.1, 0.15) is 11.1 Å². The van der Waals surface area contributed by atoms with E-state index >= 15 is 0 Å². The first-order valence-corrected chi connectivity index (χ1v) is 10.6. The van der Waals surface area contributed by atoms with Crippen LogP contribution in [0.4, 0.5) is 5.69 Å². The van der Waals surface area contributed by atoms with Crippen LogP contribution in [0.25, 0.3) is 10.9 Å². The van der Waals surface area contributed by atoms with Gasteiger partial charge in [0, 0.05) is 0 Å². The molecule has 0 atom stereocenters. The third-order valence-electron chi connectivity index (χ3n) is 4.16. The van der Waals surface area contributed by atoms with E-state index in [0.29, 0.717) is 0 Å². The van der Waals surface area contributed by atoms with E-state index in [1.54, 1.807) is 6.33 Å². The molecule has 4 heteroatoms. The predicted octanol–water partition coefficient (Wildman–Crippen LogP) is 3.77. The van der Waals surface area contributed by atoms with Crippen LogP contribution in [-0.2, 0) is 11.9 Å². The van der Waals surface area contributed by atoms with E-state index in [4.69, 9.17) is 0 Å². The minimum absolute atomic E-state index is 0.278. The normalized spacial score (nSPS) is 10.8. The van der Waals surface area contributed by atoms with Crippen LogP contribution in [0.15, 0.2) is 85.2 Å². The van der Waals surface area contributed by atoms with Crippen LogP contribution < -0.4 is 9.91 Å². The van der Waals surface area contributed by atoms with E-state index in [1.807, 2.05) is 6.07 Å². The number of nitrogens with one attached hydrogen (secondary N) is 1. The van der Waals surface area contributed by atoms with Gasteiger partial charge in [-0.1, -0.05) is 0 Å². The second-order valence-corrected chi connectivity index (χ2v) is 8.05. The summed E-state index contributed by atoms with van der Waals surface area (Å²) in [6.07, 6.45) is 1.68. The Morgan fingerprint density at radius 1 is 0.769 bits per heavy atom. The van der Waals surface area contributed by atoms with E-state index in [9.17, 15) is 0 Å². The summed E-state index contributed by atoms with van der Waals surface area (Å²) < 4.78 is 1.16. The summed E-state index contributed by atoms with van der Waals surface area (Å²) >= 11 is 0.278. The van der Waals surface area contributed by atoms with Crippen molar-refractivity contribution in [2.24, 2.45) is 0 Å². The van der Waals surface area contributed by atoms with E-state index in [0.717, 1.165) is 33.0 Å². The molecule has 26 heavy (non-hydrogen) atoms. The zero-order chi connectivity index (χ0) is 17.6. The molecule has 0 spiro atoms. The third-order valence-corrected chi connectivity index (χ3v) is 6.42. The number of benzene rings is 3. The van der Waals surface area contributed by atoms with Crippen molar-refractivity contribution in [1.82, 2.24) is 9.97 Å². The summed E-state index contributed by atoms with van der Waals surface area (Å²) in [7, 11) is 0. The fourth-order valence-corrected chi connectivity index (χ4v) is 4.75. The minimum atomic E-state index is 0.278. The number of rotatable bonds is 6. The quantitative estimate of drug-likeness (QED) is 0.497. The second kappa shape index (κ2) is 8.13. The van der Waals surface area contributed by atoms with E-state index in [2.05, 4.69) is 88.1 Å². The van der Waals surface area contributed by atoms with Crippen LogP contribution in [0.2, 0.25) is 0 Å². The SMILES string of the molecule is c1ccc(CNc2ccc3ncnc([Se]Cc4ccccc4)c3c2)cc1. The summed E-state index contributed by atoms with van der Waals surface area (Å²) in [6.45, 7) is 0.810. The van der Waals surface area contributed by atoms with Gasteiger partial charge < -0.3 is 0 Å². The van der Waals surface area contributed by atoms with Crippen LogP contribution in [0, 0.1) is 0 Å². The Labute approximate surface area is 159 Å². The molecule has 0 aliphatic heterocycles. The van der Waals surface area contributed by atoms with Crippen molar-refractivity contribution in [2.45, 2.75) is 11.9 Å². The van der Waals surface area contributed by atoms with Gasteiger partial charge in [-0.05, 0) is 0 Å². The molecule has 3 aromatic carbocycles. The van der Waals surface area contributed by atoms with Crippen LogP contribution in [-0.4, -0.2) is 24.9 Å². The molecule has 0 bridgehead atoms. The number of nitrogens with zero attached hydrogens (tertiary/aromatic N) is 2. The van der Waals surface area contributed by atoms with Crippen molar-refractivity contribution in [1.29, 1.82) is 0 Å². The predicted molar refractivity (Wildman–Crippen MR) is 109 cm³/mol. The first-order chi connectivity index (χ1) is 12.9. The molecule has 128 valence electrons. The Morgan fingerprint density at radius 3 is 2.27 bits per heavy atom. The Kier molecular flexibility index (Phi) is 5.25. The molecule has 0 aliphatic carbocycles. The molecular weight excluding hydrogens is 385 g/mol. The molecule has 0 aliphatic rings. The number of aromatic nitrogens is 2. The van der Waals surface area contributed by atoms with Gasteiger partial charge >= 0.3 is 160 Å². The van der Waals surface area contributed by atoms with Crippen LogP contribution in [0.5, 0.6) is 0 Å². The maximum absolute atomic E-state index is 4.57. The molecule has 1 N–H and O–H groups in total. The second-order valence-electron chi connectivity index (χ2n) is 6.02.